The summed E-state index contributed by atoms with van der Waals surface area (Å²) >= 11 is 0. The smallest absolute Gasteiger partial charge is 0.151 e. The maximum atomic E-state index is 13.4. The van der Waals surface area contributed by atoms with Gasteiger partial charge < -0.3 is 10.6 Å². The lowest BCUT2D eigenvalue weighted by atomic mass is 10.2. The van der Waals surface area contributed by atoms with E-state index in [9.17, 15) is 8.78 Å². The van der Waals surface area contributed by atoms with E-state index in [0.717, 1.165) is 32.2 Å². The van der Waals surface area contributed by atoms with Crippen LogP contribution in [-0.2, 0) is 0 Å². The molecule has 0 atom stereocenters. The molecule has 1 fully saturated rings. The minimum atomic E-state index is -0.684. The Hall–Kier alpha value is -1.36. The van der Waals surface area contributed by atoms with Gasteiger partial charge >= 0.3 is 0 Å². The fourth-order valence-corrected chi connectivity index (χ4v) is 2.31. The van der Waals surface area contributed by atoms with E-state index in [0.29, 0.717) is 11.7 Å². The largest absolute Gasteiger partial charge is 0.395 e. The quantitative estimate of drug-likeness (QED) is 0.821. The van der Waals surface area contributed by atoms with Gasteiger partial charge in [-0.05, 0) is 19.9 Å². The number of hydrogen-bond acceptors (Lipinski definition) is 3. The summed E-state index contributed by atoms with van der Waals surface area (Å²) in [4.78, 5) is 4.28. The third-order valence-electron chi connectivity index (χ3n) is 3.46. The highest BCUT2D eigenvalue weighted by atomic mass is 19.1. The van der Waals surface area contributed by atoms with Gasteiger partial charge in [-0.25, -0.2) is 8.78 Å². The number of nitrogens with two attached hydrogens (primary N) is 1. The third kappa shape index (κ3) is 2.56. The van der Waals surface area contributed by atoms with Gasteiger partial charge in [-0.15, -0.1) is 0 Å². The number of benzene rings is 1. The van der Waals surface area contributed by atoms with Crippen molar-refractivity contribution in [2.75, 3.05) is 36.8 Å². The van der Waals surface area contributed by atoms with Crippen molar-refractivity contribution in [3.63, 3.8) is 0 Å². The lowest BCUT2D eigenvalue weighted by Gasteiger charge is -2.38. The number of hydrogen-bond donors (Lipinski definition) is 1. The summed E-state index contributed by atoms with van der Waals surface area (Å²) in [6, 6.07) is 2.63. The summed E-state index contributed by atoms with van der Waals surface area (Å²) in [5.41, 5.74) is 6.18. The van der Waals surface area contributed by atoms with Gasteiger partial charge in [-0.1, -0.05) is 0 Å². The van der Waals surface area contributed by atoms with Crippen molar-refractivity contribution in [1.82, 2.24) is 4.90 Å². The zero-order valence-corrected chi connectivity index (χ0v) is 10.8. The molecule has 1 aromatic carbocycles. The van der Waals surface area contributed by atoms with E-state index in [4.69, 9.17) is 5.73 Å². The van der Waals surface area contributed by atoms with Crippen molar-refractivity contribution in [2.45, 2.75) is 19.9 Å². The van der Waals surface area contributed by atoms with Crippen LogP contribution in [0.3, 0.4) is 0 Å². The van der Waals surface area contributed by atoms with Crippen LogP contribution in [0.2, 0.25) is 0 Å². The molecule has 5 heteroatoms. The molecule has 1 aliphatic rings. The van der Waals surface area contributed by atoms with Gasteiger partial charge in [0.05, 0.1) is 11.4 Å². The molecule has 0 aromatic heterocycles. The van der Waals surface area contributed by atoms with E-state index in [-0.39, 0.29) is 5.69 Å². The molecular formula is C13H19F2N3. The topological polar surface area (TPSA) is 32.5 Å². The summed E-state index contributed by atoms with van der Waals surface area (Å²) in [6.45, 7) is 7.54. The van der Waals surface area contributed by atoms with Crippen molar-refractivity contribution in [3.8, 4) is 0 Å². The number of nitrogen functional groups attached to an aromatic ring is 1. The highest BCUT2D eigenvalue weighted by Crippen LogP contribution is 2.28. The molecule has 0 amide bonds. The zero-order valence-electron chi connectivity index (χ0n) is 10.8. The van der Waals surface area contributed by atoms with E-state index in [1.807, 2.05) is 4.90 Å². The Bertz CT molecular complexity index is 426. The fraction of sp³-hybridized carbons (Fsp3) is 0.538. The number of nitrogens with zero attached hydrogens (tertiary/aromatic N) is 2. The Morgan fingerprint density at radius 1 is 1.11 bits per heavy atom. The van der Waals surface area contributed by atoms with Crippen LogP contribution >= 0.6 is 0 Å². The van der Waals surface area contributed by atoms with Gasteiger partial charge in [0.25, 0.3) is 0 Å². The van der Waals surface area contributed by atoms with Crippen molar-refractivity contribution >= 4 is 11.4 Å². The van der Waals surface area contributed by atoms with Gasteiger partial charge in [0.15, 0.2) is 5.82 Å². The van der Waals surface area contributed by atoms with Gasteiger partial charge in [0.1, 0.15) is 5.82 Å². The minimum Gasteiger partial charge on any atom is -0.395 e. The van der Waals surface area contributed by atoms with Crippen LogP contribution in [0.5, 0.6) is 0 Å². The Morgan fingerprint density at radius 2 is 1.72 bits per heavy atom. The molecule has 0 bridgehead atoms. The maximum Gasteiger partial charge on any atom is 0.151 e. The van der Waals surface area contributed by atoms with Crippen LogP contribution in [0.1, 0.15) is 13.8 Å². The third-order valence-corrected chi connectivity index (χ3v) is 3.46. The predicted octanol–water partition coefficient (Wildman–Crippen LogP) is 2.08. The van der Waals surface area contributed by atoms with E-state index < -0.39 is 11.6 Å². The molecule has 0 radical (unpaired) electrons. The molecule has 3 nitrogen and oxygen atoms in total. The number of rotatable bonds is 2. The molecule has 1 saturated heterocycles. The van der Waals surface area contributed by atoms with Crippen molar-refractivity contribution in [3.05, 3.63) is 23.8 Å². The average molecular weight is 255 g/mol. The molecular weight excluding hydrogens is 236 g/mol. The van der Waals surface area contributed by atoms with Gasteiger partial charge in [0.2, 0.25) is 0 Å². The summed E-state index contributed by atoms with van der Waals surface area (Å²) in [5, 5.41) is 0. The summed E-state index contributed by atoms with van der Waals surface area (Å²) in [6.07, 6.45) is 0. The van der Waals surface area contributed by atoms with Crippen molar-refractivity contribution in [1.29, 1.82) is 0 Å². The summed E-state index contributed by atoms with van der Waals surface area (Å²) < 4.78 is 26.6. The molecule has 0 saturated carbocycles. The zero-order chi connectivity index (χ0) is 13.3. The van der Waals surface area contributed by atoms with Crippen LogP contribution in [0, 0.1) is 11.6 Å². The fourth-order valence-electron chi connectivity index (χ4n) is 2.31. The highest BCUT2D eigenvalue weighted by Gasteiger charge is 2.21. The Labute approximate surface area is 106 Å². The number of anilines is 2. The average Bonchev–Trinajstić information content (AvgIpc) is 2.34. The van der Waals surface area contributed by atoms with Crippen LogP contribution in [0.4, 0.5) is 20.2 Å². The molecule has 1 aromatic rings. The summed E-state index contributed by atoms with van der Waals surface area (Å²) in [7, 11) is 0. The second-order valence-electron chi connectivity index (χ2n) is 4.94. The van der Waals surface area contributed by atoms with E-state index in [1.165, 1.54) is 6.07 Å². The first-order chi connectivity index (χ1) is 8.49. The number of halogens is 2. The first-order valence-corrected chi connectivity index (χ1v) is 6.22. The van der Waals surface area contributed by atoms with E-state index >= 15 is 0 Å². The number of piperazine rings is 1. The van der Waals surface area contributed by atoms with Gasteiger partial charge in [-0.3, -0.25) is 4.90 Å². The van der Waals surface area contributed by atoms with Crippen LogP contribution < -0.4 is 10.6 Å². The predicted molar refractivity (Wildman–Crippen MR) is 69.7 cm³/mol. The van der Waals surface area contributed by atoms with Crippen LogP contribution in [-0.4, -0.2) is 37.1 Å². The molecule has 1 heterocycles. The Morgan fingerprint density at radius 3 is 2.28 bits per heavy atom. The molecule has 2 rings (SSSR count). The monoisotopic (exact) mass is 255 g/mol. The molecule has 18 heavy (non-hydrogen) atoms. The minimum absolute atomic E-state index is 0.0365. The molecule has 100 valence electrons. The molecule has 2 N–H and O–H groups in total. The van der Waals surface area contributed by atoms with E-state index in [2.05, 4.69) is 18.7 Å². The lowest BCUT2D eigenvalue weighted by molar-refractivity contribution is 0.209. The second kappa shape index (κ2) is 5.10. The SMILES string of the molecule is CC(C)N1CCN(c2cc(F)cc(F)c2N)CC1. The van der Waals surface area contributed by atoms with E-state index in [1.54, 1.807) is 0 Å². The maximum absolute atomic E-state index is 13.4. The molecule has 0 unspecified atom stereocenters. The van der Waals surface area contributed by atoms with Crippen LogP contribution in [0.15, 0.2) is 12.1 Å². The first-order valence-electron chi connectivity index (χ1n) is 6.22. The standard InChI is InChI=1S/C13H19F2N3/c1-9(2)17-3-5-18(6-4-17)12-8-10(14)7-11(15)13(12)16/h7-9H,3-6,16H2,1-2H3. The van der Waals surface area contributed by atoms with Gasteiger partial charge in [-0.2, -0.15) is 0 Å². The Kier molecular flexibility index (Phi) is 3.71. The van der Waals surface area contributed by atoms with Gasteiger partial charge in [0, 0.05) is 38.3 Å². The normalized spacial score (nSPS) is 17.5. The lowest BCUT2D eigenvalue weighted by Crippen LogP contribution is -2.49. The molecule has 0 aliphatic carbocycles. The Balaban J connectivity index is 2.15. The summed E-state index contributed by atoms with van der Waals surface area (Å²) in [5.74, 6) is -1.26. The molecule has 1 aliphatic heterocycles. The highest BCUT2D eigenvalue weighted by molar-refractivity contribution is 5.68. The van der Waals surface area contributed by atoms with Crippen molar-refractivity contribution in [2.24, 2.45) is 0 Å². The second-order valence-corrected chi connectivity index (χ2v) is 4.94. The molecule has 0 spiro atoms. The first kappa shape index (κ1) is 13.1. The van der Waals surface area contributed by atoms with Crippen molar-refractivity contribution < 1.29 is 8.78 Å². The van der Waals surface area contributed by atoms with Crippen LogP contribution in [0.25, 0.3) is 0 Å².